The molecule has 0 spiro atoms. The minimum Gasteiger partial charge on any atom is -0.303 e. The molecular formula is C13H19N3OS. The van der Waals surface area contributed by atoms with E-state index in [9.17, 15) is 4.79 Å². The predicted octanol–water partition coefficient (Wildman–Crippen LogP) is 2.56. The minimum atomic E-state index is -0.00553. The van der Waals surface area contributed by atoms with Crippen molar-refractivity contribution >= 4 is 28.7 Å². The molecule has 1 saturated heterocycles. The Balaban J connectivity index is 2.06. The van der Waals surface area contributed by atoms with Crippen LogP contribution in [-0.2, 0) is 4.79 Å². The minimum absolute atomic E-state index is 0.00553. The number of carbonyl (C=O) groups excluding carboxylic acids is 1. The van der Waals surface area contributed by atoms with Crippen molar-refractivity contribution in [3.8, 4) is 0 Å². The van der Waals surface area contributed by atoms with Crippen LogP contribution in [0.1, 0.15) is 40.0 Å². The molecule has 0 aromatic carbocycles. The lowest BCUT2D eigenvalue weighted by molar-refractivity contribution is -0.116. The Hall–Kier alpha value is -1.06. The second kappa shape index (κ2) is 5.29. The van der Waals surface area contributed by atoms with Crippen molar-refractivity contribution in [2.24, 2.45) is 21.5 Å². The van der Waals surface area contributed by atoms with Crippen molar-refractivity contribution in [2.45, 2.75) is 40.0 Å². The number of amides is 1. The lowest BCUT2D eigenvalue weighted by Crippen LogP contribution is -2.22. The van der Waals surface area contributed by atoms with Gasteiger partial charge in [-0.15, -0.1) is 10.2 Å². The molecule has 1 heterocycles. The fourth-order valence-corrected chi connectivity index (χ4v) is 3.39. The molecule has 1 N–H and O–H groups in total. The molecule has 4 nitrogen and oxygen atoms in total. The Bertz CT molecular complexity index is 447. The molecule has 1 saturated carbocycles. The van der Waals surface area contributed by atoms with E-state index < -0.39 is 0 Å². The van der Waals surface area contributed by atoms with E-state index in [4.69, 9.17) is 0 Å². The van der Waals surface area contributed by atoms with Gasteiger partial charge in [0, 0.05) is 5.87 Å². The van der Waals surface area contributed by atoms with Gasteiger partial charge in [0.15, 0.2) is 5.17 Å². The quantitative estimate of drug-likeness (QED) is 0.585. The number of nitrogens with zero attached hydrogens (tertiary/aromatic N) is 2. The van der Waals surface area contributed by atoms with E-state index in [1.165, 1.54) is 23.8 Å². The van der Waals surface area contributed by atoms with E-state index in [2.05, 4.69) is 42.2 Å². The summed E-state index contributed by atoms with van der Waals surface area (Å²) in [6, 6.07) is 0. The third-order valence-electron chi connectivity index (χ3n) is 3.12. The molecule has 0 unspecified atom stereocenters. The number of carbonyl (C=O) groups is 1. The largest absolute Gasteiger partial charge is 0.303 e. The maximum absolute atomic E-state index is 11.0. The summed E-state index contributed by atoms with van der Waals surface area (Å²) in [5.41, 5.74) is 1.57. The zero-order chi connectivity index (χ0) is 13.2. The van der Waals surface area contributed by atoms with Crippen molar-refractivity contribution < 1.29 is 4.79 Å². The summed E-state index contributed by atoms with van der Waals surface area (Å²) >= 11 is 1.38. The van der Waals surface area contributed by atoms with Crippen molar-refractivity contribution in [1.29, 1.82) is 0 Å². The van der Waals surface area contributed by atoms with Gasteiger partial charge in [-0.25, -0.2) is 0 Å². The van der Waals surface area contributed by atoms with Crippen LogP contribution in [0.15, 0.2) is 15.8 Å². The van der Waals surface area contributed by atoms with E-state index >= 15 is 0 Å². The summed E-state index contributed by atoms with van der Waals surface area (Å²) in [5.74, 6) is 4.15. The average molecular weight is 265 g/mol. The third-order valence-corrected chi connectivity index (χ3v) is 3.99. The van der Waals surface area contributed by atoms with Gasteiger partial charge in [0.2, 0.25) is 5.91 Å². The predicted molar refractivity (Wildman–Crippen MR) is 75.8 cm³/mol. The fraction of sp³-hybridized carbons (Fsp3) is 0.692. The molecule has 2 aliphatic rings. The van der Waals surface area contributed by atoms with Crippen LogP contribution >= 0.6 is 11.8 Å². The summed E-state index contributed by atoms with van der Waals surface area (Å²) in [6.45, 7) is 6.83. The molecule has 1 amide bonds. The summed E-state index contributed by atoms with van der Waals surface area (Å²) in [7, 11) is 0. The zero-order valence-electron chi connectivity index (χ0n) is 11.1. The molecular weight excluding hydrogens is 246 g/mol. The van der Waals surface area contributed by atoms with E-state index in [1.807, 2.05) is 0 Å². The molecule has 0 aromatic heterocycles. The molecule has 0 radical (unpaired) electrons. The monoisotopic (exact) mass is 265 g/mol. The van der Waals surface area contributed by atoms with E-state index in [0.29, 0.717) is 22.3 Å². The molecule has 2 fully saturated rings. The first-order valence-electron chi connectivity index (χ1n) is 6.26. The highest BCUT2D eigenvalue weighted by atomic mass is 32.2. The smallest absolute Gasteiger partial charge is 0.236 e. The van der Waals surface area contributed by atoms with E-state index in [-0.39, 0.29) is 5.91 Å². The van der Waals surface area contributed by atoms with E-state index in [0.717, 1.165) is 12.8 Å². The first-order chi connectivity index (χ1) is 8.44. The first kappa shape index (κ1) is 13.4. The molecule has 1 aliphatic carbocycles. The van der Waals surface area contributed by atoms with Gasteiger partial charge in [0.25, 0.3) is 0 Å². The van der Waals surface area contributed by atoms with Crippen molar-refractivity contribution in [3.63, 3.8) is 0 Å². The van der Waals surface area contributed by atoms with Crippen LogP contribution in [0.5, 0.6) is 0 Å². The number of rotatable bonds is 1. The van der Waals surface area contributed by atoms with Gasteiger partial charge in [0.1, 0.15) is 0 Å². The summed E-state index contributed by atoms with van der Waals surface area (Å²) in [6.07, 6.45) is 3.33. The maximum Gasteiger partial charge on any atom is 0.236 e. The molecule has 2 rings (SSSR count). The van der Waals surface area contributed by atoms with Gasteiger partial charge in [-0.2, -0.15) is 0 Å². The number of hydrogen-bond acceptors (Lipinski definition) is 4. The first-order valence-corrected chi connectivity index (χ1v) is 7.24. The average Bonchev–Trinajstić information content (AvgIpc) is 2.61. The second-order valence-corrected chi connectivity index (χ2v) is 6.88. The second-order valence-electron chi connectivity index (χ2n) is 5.91. The standard InChI is InChI=1S/C13H19N3OS/c1-9-4-10(6-13(2,3)5-9)7-14-16-12-15-11(17)8-18-12/h9H,4-6,8H2,1-3H3,(H,15,16,17)/t9-/m1/s1. The lowest BCUT2D eigenvalue weighted by Gasteiger charge is -2.34. The van der Waals surface area contributed by atoms with Crippen LogP contribution in [0, 0.1) is 11.3 Å². The van der Waals surface area contributed by atoms with Crippen LogP contribution in [0.2, 0.25) is 0 Å². The highest BCUT2D eigenvalue weighted by Gasteiger charge is 2.28. The SMILES string of the molecule is C[C@@H]1CC(=C=N/N=C2/NC(=O)CS2)CC(C)(C)C1. The Morgan fingerprint density at radius 1 is 1.50 bits per heavy atom. The highest BCUT2D eigenvalue weighted by molar-refractivity contribution is 8.15. The van der Waals surface area contributed by atoms with Gasteiger partial charge >= 0.3 is 0 Å². The molecule has 18 heavy (non-hydrogen) atoms. The zero-order valence-corrected chi connectivity index (χ0v) is 11.9. The lowest BCUT2D eigenvalue weighted by atomic mass is 9.71. The summed E-state index contributed by atoms with van der Waals surface area (Å²) in [4.78, 5) is 11.0. The van der Waals surface area contributed by atoms with Gasteiger partial charge < -0.3 is 5.32 Å². The molecule has 98 valence electrons. The van der Waals surface area contributed by atoms with Crippen molar-refractivity contribution in [1.82, 2.24) is 5.32 Å². The number of allylic oxidation sites excluding steroid dienone is 1. The van der Waals surface area contributed by atoms with Gasteiger partial charge in [-0.05, 0) is 36.2 Å². The number of amidine groups is 1. The molecule has 0 aromatic rings. The van der Waals surface area contributed by atoms with Crippen LogP contribution < -0.4 is 5.32 Å². The van der Waals surface area contributed by atoms with E-state index in [1.54, 1.807) is 0 Å². The van der Waals surface area contributed by atoms with Crippen LogP contribution in [0.3, 0.4) is 0 Å². The highest BCUT2D eigenvalue weighted by Crippen LogP contribution is 2.40. The summed E-state index contributed by atoms with van der Waals surface area (Å²) in [5, 5.41) is 11.2. The maximum atomic E-state index is 11.0. The topological polar surface area (TPSA) is 53.8 Å². The van der Waals surface area contributed by atoms with Crippen LogP contribution in [0.4, 0.5) is 0 Å². The Kier molecular flexibility index (Phi) is 3.93. The van der Waals surface area contributed by atoms with Crippen LogP contribution in [-0.4, -0.2) is 22.7 Å². The number of hydrogen-bond donors (Lipinski definition) is 1. The van der Waals surface area contributed by atoms with Crippen molar-refractivity contribution in [3.05, 3.63) is 5.57 Å². The van der Waals surface area contributed by atoms with Gasteiger partial charge in [0.05, 0.1) is 5.75 Å². The Labute approximate surface area is 112 Å². The van der Waals surface area contributed by atoms with Gasteiger partial charge in [-0.3, -0.25) is 4.79 Å². The molecule has 0 bridgehead atoms. The van der Waals surface area contributed by atoms with Crippen molar-refractivity contribution in [2.75, 3.05) is 5.75 Å². The molecule has 1 aliphatic heterocycles. The number of thioether (sulfide) groups is 1. The number of nitrogens with one attached hydrogen (secondary N) is 1. The fourth-order valence-electron chi connectivity index (χ4n) is 2.76. The normalized spacial score (nSPS) is 29.1. The third kappa shape index (κ3) is 3.72. The molecule has 5 heteroatoms. The summed E-state index contributed by atoms with van der Waals surface area (Å²) < 4.78 is 0. The van der Waals surface area contributed by atoms with Gasteiger partial charge in [-0.1, -0.05) is 32.5 Å². The Morgan fingerprint density at radius 3 is 2.89 bits per heavy atom. The Morgan fingerprint density at radius 2 is 2.28 bits per heavy atom. The van der Waals surface area contributed by atoms with Crippen LogP contribution in [0.25, 0.3) is 0 Å². The molecule has 1 atom stereocenters.